The lowest BCUT2D eigenvalue weighted by atomic mass is 10.2. The van der Waals surface area contributed by atoms with Crippen molar-refractivity contribution in [2.45, 2.75) is 26.0 Å². The summed E-state index contributed by atoms with van der Waals surface area (Å²) < 4.78 is 10.1. The van der Waals surface area contributed by atoms with Crippen molar-refractivity contribution in [2.75, 3.05) is 38.5 Å². The van der Waals surface area contributed by atoms with Crippen LogP contribution in [0.4, 0.5) is 11.6 Å². The minimum absolute atomic E-state index is 0.292. The monoisotopic (exact) mass is 254 g/mol. The van der Waals surface area contributed by atoms with E-state index in [0.717, 1.165) is 24.7 Å². The Kier molecular flexibility index (Phi) is 6.38. The van der Waals surface area contributed by atoms with Gasteiger partial charge in [-0.15, -0.1) is 0 Å². The minimum atomic E-state index is 0.292. The molecule has 0 saturated carbocycles. The van der Waals surface area contributed by atoms with E-state index in [1.54, 1.807) is 14.2 Å². The molecule has 0 saturated heterocycles. The SMILES string of the molecule is CNc1cc(NC(C)CCOC)nc(COC)n1. The summed E-state index contributed by atoms with van der Waals surface area (Å²) in [6, 6.07) is 2.17. The molecule has 0 aliphatic heterocycles. The largest absolute Gasteiger partial charge is 0.385 e. The molecule has 1 aromatic rings. The third-order valence-corrected chi connectivity index (χ3v) is 2.45. The molecule has 1 unspecified atom stereocenters. The zero-order valence-corrected chi connectivity index (χ0v) is 11.5. The Morgan fingerprint density at radius 1 is 1.22 bits per heavy atom. The van der Waals surface area contributed by atoms with Crippen LogP contribution in [0.3, 0.4) is 0 Å². The highest BCUT2D eigenvalue weighted by Crippen LogP contribution is 2.13. The summed E-state index contributed by atoms with van der Waals surface area (Å²) in [4.78, 5) is 8.69. The third-order valence-electron chi connectivity index (χ3n) is 2.45. The predicted octanol–water partition coefficient (Wildman–Crippen LogP) is 1.50. The molecular formula is C12H22N4O2. The van der Waals surface area contributed by atoms with E-state index in [9.17, 15) is 0 Å². The highest BCUT2D eigenvalue weighted by molar-refractivity contribution is 5.47. The molecule has 1 rings (SSSR count). The highest BCUT2D eigenvalue weighted by Gasteiger charge is 2.07. The van der Waals surface area contributed by atoms with Crippen LogP contribution in [0.5, 0.6) is 0 Å². The number of aromatic nitrogens is 2. The van der Waals surface area contributed by atoms with Gasteiger partial charge in [0.05, 0.1) is 0 Å². The maximum Gasteiger partial charge on any atom is 0.158 e. The summed E-state index contributed by atoms with van der Waals surface area (Å²) in [6.45, 7) is 3.22. The van der Waals surface area contributed by atoms with E-state index in [0.29, 0.717) is 18.5 Å². The van der Waals surface area contributed by atoms with Crippen molar-refractivity contribution < 1.29 is 9.47 Å². The van der Waals surface area contributed by atoms with E-state index in [1.165, 1.54) is 0 Å². The summed E-state index contributed by atoms with van der Waals surface area (Å²) in [7, 11) is 5.16. The third kappa shape index (κ3) is 4.85. The lowest BCUT2D eigenvalue weighted by Crippen LogP contribution is -2.19. The molecular weight excluding hydrogens is 232 g/mol. The number of methoxy groups -OCH3 is 2. The van der Waals surface area contributed by atoms with Gasteiger partial charge in [-0.3, -0.25) is 0 Å². The fraction of sp³-hybridized carbons (Fsp3) is 0.667. The van der Waals surface area contributed by atoms with Gasteiger partial charge in [-0.2, -0.15) is 0 Å². The second-order valence-corrected chi connectivity index (χ2v) is 4.06. The first-order valence-electron chi connectivity index (χ1n) is 5.99. The van der Waals surface area contributed by atoms with Gasteiger partial charge in [0.1, 0.15) is 18.2 Å². The van der Waals surface area contributed by atoms with Crippen LogP contribution in [0.1, 0.15) is 19.2 Å². The first kappa shape index (κ1) is 14.7. The van der Waals surface area contributed by atoms with Crippen LogP contribution < -0.4 is 10.6 Å². The quantitative estimate of drug-likeness (QED) is 0.733. The first-order valence-corrected chi connectivity index (χ1v) is 5.99. The van der Waals surface area contributed by atoms with E-state index < -0.39 is 0 Å². The molecule has 1 aromatic heterocycles. The van der Waals surface area contributed by atoms with Gasteiger partial charge in [-0.1, -0.05) is 0 Å². The van der Waals surface area contributed by atoms with Crippen molar-refractivity contribution in [1.82, 2.24) is 9.97 Å². The van der Waals surface area contributed by atoms with Crippen LogP contribution in [-0.4, -0.2) is 43.9 Å². The van der Waals surface area contributed by atoms with Crippen molar-refractivity contribution >= 4 is 11.6 Å². The molecule has 0 amide bonds. The normalized spacial score (nSPS) is 12.2. The van der Waals surface area contributed by atoms with E-state index in [2.05, 4.69) is 27.5 Å². The first-order chi connectivity index (χ1) is 8.69. The molecule has 102 valence electrons. The van der Waals surface area contributed by atoms with Crippen LogP contribution in [-0.2, 0) is 16.1 Å². The van der Waals surface area contributed by atoms with E-state index in [-0.39, 0.29) is 0 Å². The van der Waals surface area contributed by atoms with Gasteiger partial charge in [-0.05, 0) is 13.3 Å². The molecule has 18 heavy (non-hydrogen) atoms. The second-order valence-electron chi connectivity index (χ2n) is 4.06. The summed E-state index contributed by atoms with van der Waals surface area (Å²) in [5.41, 5.74) is 0. The number of hydrogen-bond donors (Lipinski definition) is 2. The van der Waals surface area contributed by atoms with Gasteiger partial charge in [-0.25, -0.2) is 9.97 Å². The zero-order chi connectivity index (χ0) is 13.4. The Morgan fingerprint density at radius 2 is 1.94 bits per heavy atom. The standard InChI is InChI=1S/C12H22N4O2/c1-9(5-6-17-3)14-11-7-10(13-2)15-12(16-11)8-18-4/h7,9H,5-6,8H2,1-4H3,(H2,13,14,15,16). The highest BCUT2D eigenvalue weighted by atomic mass is 16.5. The van der Waals surface area contributed by atoms with Gasteiger partial charge in [0, 0.05) is 40.0 Å². The number of rotatable bonds is 8. The molecule has 0 aromatic carbocycles. The maximum absolute atomic E-state index is 5.05. The summed E-state index contributed by atoms with van der Waals surface area (Å²) >= 11 is 0. The number of nitrogens with one attached hydrogen (secondary N) is 2. The van der Waals surface area contributed by atoms with Crippen LogP contribution in [0.2, 0.25) is 0 Å². The summed E-state index contributed by atoms with van der Waals surface area (Å²) in [5, 5.41) is 6.33. The molecule has 6 nitrogen and oxygen atoms in total. The van der Waals surface area contributed by atoms with Gasteiger partial charge < -0.3 is 20.1 Å². The Balaban J connectivity index is 2.71. The maximum atomic E-state index is 5.05. The van der Waals surface area contributed by atoms with Crippen molar-refractivity contribution in [3.8, 4) is 0 Å². The lowest BCUT2D eigenvalue weighted by molar-refractivity contribution is 0.178. The van der Waals surface area contributed by atoms with Gasteiger partial charge >= 0.3 is 0 Å². The average molecular weight is 254 g/mol. The van der Waals surface area contributed by atoms with Crippen LogP contribution in [0.25, 0.3) is 0 Å². The topological polar surface area (TPSA) is 68.3 Å². The van der Waals surface area contributed by atoms with Crippen LogP contribution >= 0.6 is 0 Å². The smallest absolute Gasteiger partial charge is 0.158 e. The summed E-state index contributed by atoms with van der Waals surface area (Å²) in [6.07, 6.45) is 0.926. The Labute approximate surface area is 108 Å². The fourth-order valence-corrected chi connectivity index (χ4v) is 1.51. The molecule has 1 atom stereocenters. The lowest BCUT2D eigenvalue weighted by Gasteiger charge is -2.15. The number of hydrogen-bond acceptors (Lipinski definition) is 6. The molecule has 0 aliphatic rings. The van der Waals surface area contributed by atoms with Crippen LogP contribution in [0.15, 0.2) is 6.07 Å². The average Bonchev–Trinajstić information content (AvgIpc) is 2.36. The summed E-state index contributed by atoms with van der Waals surface area (Å²) in [5.74, 6) is 2.23. The molecule has 0 spiro atoms. The molecule has 0 fully saturated rings. The van der Waals surface area contributed by atoms with Crippen molar-refractivity contribution in [3.63, 3.8) is 0 Å². The molecule has 0 bridgehead atoms. The predicted molar refractivity (Wildman–Crippen MR) is 71.9 cm³/mol. The molecule has 2 N–H and O–H groups in total. The van der Waals surface area contributed by atoms with Gasteiger partial charge in [0.15, 0.2) is 5.82 Å². The number of nitrogens with zero attached hydrogens (tertiary/aromatic N) is 2. The fourth-order valence-electron chi connectivity index (χ4n) is 1.51. The molecule has 6 heteroatoms. The number of ether oxygens (including phenoxy) is 2. The molecule has 1 heterocycles. The zero-order valence-electron chi connectivity index (χ0n) is 11.5. The molecule has 0 radical (unpaired) electrons. The number of anilines is 2. The van der Waals surface area contributed by atoms with Gasteiger partial charge in [0.25, 0.3) is 0 Å². The minimum Gasteiger partial charge on any atom is -0.385 e. The Bertz CT molecular complexity index is 360. The van der Waals surface area contributed by atoms with E-state index in [1.807, 2.05) is 13.1 Å². The van der Waals surface area contributed by atoms with Crippen LogP contribution in [0, 0.1) is 0 Å². The van der Waals surface area contributed by atoms with E-state index in [4.69, 9.17) is 9.47 Å². The Morgan fingerprint density at radius 3 is 2.56 bits per heavy atom. The molecule has 0 aliphatic carbocycles. The Hall–Kier alpha value is -1.40. The second kappa shape index (κ2) is 7.84. The van der Waals surface area contributed by atoms with Gasteiger partial charge in [0.2, 0.25) is 0 Å². The van der Waals surface area contributed by atoms with Crippen molar-refractivity contribution in [2.24, 2.45) is 0 Å². The van der Waals surface area contributed by atoms with Crippen molar-refractivity contribution in [3.05, 3.63) is 11.9 Å². The van der Waals surface area contributed by atoms with E-state index >= 15 is 0 Å². The van der Waals surface area contributed by atoms with Crippen molar-refractivity contribution in [1.29, 1.82) is 0 Å².